The normalized spacial score (nSPS) is 10.2. The minimum Gasteiger partial charge on any atom is -0.489 e. The highest BCUT2D eigenvalue weighted by molar-refractivity contribution is 5.88. The number of carboxylic acid groups (broad SMARTS) is 1. The lowest BCUT2D eigenvalue weighted by atomic mass is 10.0. The molecule has 0 atom stereocenters. The van der Waals surface area contributed by atoms with Gasteiger partial charge in [0.25, 0.3) is 0 Å². The molecule has 1 aromatic carbocycles. The van der Waals surface area contributed by atoms with E-state index in [1.165, 1.54) is 0 Å². The van der Waals surface area contributed by atoms with Crippen molar-refractivity contribution in [2.45, 2.75) is 19.8 Å². The van der Waals surface area contributed by atoms with E-state index in [0.29, 0.717) is 18.3 Å². The van der Waals surface area contributed by atoms with E-state index >= 15 is 0 Å². The summed E-state index contributed by atoms with van der Waals surface area (Å²) in [5.41, 5.74) is 1.25. The summed E-state index contributed by atoms with van der Waals surface area (Å²) in [6.07, 6.45) is 1.64. The first kappa shape index (κ1) is 12.3. The number of carbonyl (C=O) groups is 1. The van der Waals surface area contributed by atoms with Crippen LogP contribution in [0.5, 0.6) is 5.75 Å². The Hall–Kier alpha value is -1.77. The Morgan fingerprint density at radius 3 is 2.75 bits per heavy atom. The van der Waals surface area contributed by atoms with Crippen molar-refractivity contribution in [1.82, 2.24) is 0 Å². The number of rotatable bonds is 5. The molecule has 0 fully saturated rings. The van der Waals surface area contributed by atoms with Crippen molar-refractivity contribution >= 4 is 5.97 Å². The summed E-state index contributed by atoms with van der Waals surface area (Å²) >= 11 is 0. The third-order valence-electron chi connectivity index (χ3n) is 2.24. The molecule has 1 aromatic rings. The van der Waals surface area contributed by atoms with Gasteiger partial charge in [-0.15, -0.1) is 0 Å². The highest BCUT2D eigenvalue weighted by Crippen LogP contribution is 2.27. The minimum absolute atomic E-state index is 0.239. The Balaban J connectivity index is 3.10. The van der Waals surface area contributed by atoms with Gasteiger partial charge in [0.05, 0.1) is 5.56 Å². The predicted octanol–water partition coefficient (Wildman–Crippen LogP) is 3.07. The van der Waals surface area contributed by atoms with Crippen LogP contribution in [-0.2, 0) is 0 Å². The molecule has 0 aliphatic carbocycles. The van der Waals surface area contributed by atoms with E-state index in [1.54, 1.807) is 24.3 Å². The van der Waals surface area contributed by atoms with Gasteiger partial charge < -0.3 is 9.84 Å². The fourth-order valence-electron chi connectivity index (χ4n) is 1.42. The summed E-state index contributed by atoms with van der Waals surface area (Å²) in [7, 11) is 0. The third-order valence-corrected chi connectivity index (χ3v) is 2.24. The SMILES string of the molecule is C=CCOc1cc(C(=O)O)ccc1C(C)C. The first-order valence-electron chi connectivity index (χ1n) is 5.17. The van der Waals surface area contributed by atoms with Gasteiger partial charge in [0, 0.05) is 0 Å². The zero-order valence-corrected chi connectivity index (χ0v) is 9.56. The van der Waals surface area contributed by atoms with Crippen molar-refractivity contribution in [2.75, 3.05) is 6.61 Å². The van der Waals surface area contributed by atoms with Crippen LogP contribution in [-0.4, -0.2) is 17.7 Å². The molecule has 3 nitrogen and oxygen atoms in total. The second-order valence-electron chi connectivity index (χ2n) is 3.81. The average molecular weight is 220 g/mol. The molecule has 0 bridgehead atoms. The van der Waals surface area contributed by atoms with Crippen molar-refractivity contribution in [1.29, 1.82) is 0 Å². The molecule has 0 saturated carbocycles. The Morgan fingerprint density at radius 1 is 1.56 bits per heavy atom. The van der Waals surface area contributed by atoms with Gasteiger partial charge in [-0.3, -0.25) is 0 Å². The topological polar surface area (TPSA) is 46.5 Å². The molecule has 0 spiro atoms. The Bertz CT molecular complexity index is 394. The molecule has 0 radical (unpaired) electrons. The summed E-state index contributed by atoms with van der Waals surface area (Å²) in [5.74, 6) is -0.0313. The second kappa shape index (κ2) is 5.35. The quantitative estimate of drug-likeness (QED) is 0.776. The molecular weight excluding hydrogens is 204 g/mol. The van der Waals surface area contributed by atoms with Gasteiger partial charge >= 0.3 is 5.97 Å². The van der Waals surface area contributed by atoms with Crippen LogP contribution in [0, 0.1) is 0 Å². The van der Waals surface area contributed by atoms with Gasteiger partial charge in [-0.25, -0.2) is 4.79 Å². The standard InChI is InChI=1S/C13H16O3/c1-4-7-16-12-8-10(13(14)15)5-6-11(12)9(2)3/h4-6,8-9H,1,7H2,2-3H3,(H,14,15). The molecule has 1 rings (SSSR count). The van der Waals surface area contributed by atoms with E-state index in [-0.39, 0.29) is 5.56 Å². The maximum Gasteiger partial charge on any atom is 0.335 e. The fourth-order valence-corrected chi connectivity index (χ4v) is 1.42. The molecule has 0 unspecified atom stereocenters. The van der Waals surface area contributed by atoms with E-state index in [2.05, 4.69) is 6.58 Å². The van der Waals surface area contributed by atoms with Gasteiger partial charge in [0.1, 0.15) is 12.4 Å². The number of hydrogen-bond acceptors (Lipinski definition) is 2. The predicted molar refractivity (Wildman–Crippen MR) is 63.2 cm³/mol. The maximum atomic E-state index is 10.8. The molecule has 0 aliphatic heterocycles. The molecule has 3 heteroatoms. The summed E-state index contributed by atoms with van der Waals surface area (Å²) in [6.45, 7) is 8.02. The molecule has 16 heavy (non-hydrogen) atoms. The first-order chi connectivity index (χ1) is 7.56. The highest BCUT2D eigenvalue weighted by Gasteiger charge is 2.11. The number of carboxylic acids is 1. The Kier molecular flexibility index (Phi) is 4.11. The van der Waals surface area contributed by atoms with Gasteiger partial charge in [-0.2, -0.15) is 0 Å². The van der Waals surface area contributed by atoms with E-state index in [9.17, 15) is 4.79 Å². The van der Waals surface area contributed by atoms with Crippen molar-refractivity contribution in [3.63, 3.8) is 0 Å². The molecule has 0 saturated heterocycles. The largest absolute Gasteiger partial charge is 0.489 e. The van der Waals surface area contributed by atoms with Crippen LogP contribution in [0.1, 0.15) is 35.7 Å². The van der Waals surface area contributed by atoms with Gasteiger partial charge in [-0.05, 0) is 23.6 Å². The summed E-state index contributed by atoms with van der Waals surface area (Å²) in [6, 6.07) is 4.95. The van der Waals surface area contributed by atoms with Crippen LogP contribution in [0.3, 0.4) is 0 Å². The van der Waals surface area contributed by atoms with Crippen LogP contribution in [0.4, 0.5) is 0 Å². The van der Waals surface area contributed by atoms with Crippen LogP contribution >= 0.6 is 0 Å². The number of aromatic carboxylic acids is 1. The van der Waals surface area contributed by atoms with E-state index in [1.807, 2.05) is 13.8 Å². The van der Waals surface area contributed by atoms with Crippen molar-refractivity contribution in [2.24, 2.45) is 0 Å². The molecule has 0 heterocycles. The van der Waals surface area contributed by atoms with Crippen molar-refractivity contribution in [3.8, 4) is 5.75 Å². The van der Waals surface area contributed by atoms with E-state index in [0.717, 1.165) is 5.56 Å². The van der Waals surface area contributed by atoms with Gasteiger partial charge in [-0.1, -0.05) is 32.6 Å². The van der Waals surface area contributed by atoms with Gasteiger partial charge in [0.2, 0.25) is 0 Å². The average Bonchev–Trinajstić information content (AvgIpc) is 2.25. The van der Waals surface area contributed by atoms with E-state index < -0.39 is 5.97 Å². The number of hydrogen-bond donors (Lipinski definition) is 1. The maximum absolute atomic E-state index is 10.8. The van der Waals surface area contributed by atoms with E-state index in [4.69, 9.17) is 9.84 Å². The molecule has 1 N–H and O–H groups in total. The van der Waals surface area contributed by atoms with Crippen molar-refractivity contribution in [3.05, 3.63) is 42.0 Å². The van der Waals surface area contributed by atoms with Crippen LogP contribution in [0.25, 0.3) is 0 Å². The third kappa shape index (κ3) is 2.86. The Labute approximate surface area is 95.4 Å². The van der Waals surface area contributed by atoms with Crippen LogP contribution < -0.4 is 4.74 Å². The lowest BCUT2D eigenvalue weighted by molar-refractivity contribution is 0.0696. The summed E-state index contributed by atoms with van der Waals surface area (Å²) < 4.78 is 5.46. The summed E-state index contributed by atoms with van der Waals surface area (Å²) in [5, 5.41) is 8.89. The zero-order chi connectivity index (χ0) is 12.1. The number of benzene rings is 1. The molecule has 0 amide bonds. The molecular formula is C13H16O3. The molecule has 0 aromatic heterocycles. The Morgan fingerprint density at radius 2 is 2.25 bits per heavy atom. The number of ether oxygens (including phenoxy) is 1. The molecule has 86 valence electrons. The summed E-state index contributed by atoms with van der Waals surface area (Å²) in [4.78, 5) is 10.8. The van der Waals surface area contributed by atoms with Gasteiger partial charge in [0.15, 0.2) is 0 Å². The minimum atomic E-state index is -0.946. The smallest absolute Gasteiger partial charge is 0.335 e. The lowest BCUT2D eigenvalue weighted by Gasteiger charge is -2.13. The van der Waals surface area contributed by atoms with Crippen molar-refractivity contribution < 1.29 is 14.6 Å². The lowest BCUT2D eigenvalue weighted by Crippen LogP contribution is -2.03. The molecule has 0 aliphatic rings. The second-order valence-corrected chi connectivity index (χ2v) is 3.81. The van der Waals surface area contributed by atoms with Crippen LogP contribution in [0.2, 0.25) is 0 Å². The van der Waals surface area contributed by atoms with Crippen LogP contribution in [0.15, 0.2) is 30.9 Å². The monoisotopic (exact) mass is 220 g/mol. The first-order valence-corrected chi connectivity index (χ1v) is 5.17. The highest BCUT2D eigenvalue weighted by atomic mass is 16.5. The fraction of sp³-hybridized carbons (Fsp3) is 0.308. The zero-order valence-electron chi connectivity index (χ0n) is 9.56.